The van der Waals surface area contributed by atoms with E-state index in [-0.39, 0.29) is 25.7 Å². The lowest BCUT2D eigenvalue weighted by Gasteiger charge is -2.21. The van der Waals surface area contributed by atoms with E-state index in [1.807, 2.05) is 0 Å². The summed E-state index contributed by atoms with van der Waals surface area (Å²) in [5.41, 5.74) is 0. The van der Waals surface area contributed by atoms with Crippen LogP contribution >= 0.6 is 15.6 Å². The average molecular weight is 1170 g/mol. The van der Waals surface area contributed by atoms with E-state index >= 15 is 0 Å². The zero-order valence-corrected chi connectivity index (χ0v) is 52.6. The number of hydrogen-bond acceptors (Lipinski definition) is 15. The van der Waals surface area contributed by atoms with Crippen LogP contribution in [0.4, 0.5) is 0 Å². The summed E-state index contributed by atoms with van der Waals surface area (Å²) < 4.78 is 67.7. The number of unbranched alkanes of at least 4 members (excludes halogenated alkanes) is 24. The molecule has 0 amide bonds. The molecule has 0 aromatic carbocycles. The van der Waals surface area contributed by atoms with Crippen molar-refractivity contribution in [3.05, 3.63) is 0 Å². The van der Waals surface area contributed by atoms with Crippen molar-refractivity contribution in [3.8, 4) is 0 Å². The van der Waals surface area contributed by atoms with E-state index in [1.165, 1.54) is 77.0 Å². The van der Waals surface area contributed by atoms with Crippen molar-refractivity contribution >= 4 is 39.5 Å². The highest BCUT2D eigenvalue weighted by Crippen LogP contribution is 2.45. The van der Waals surface area contributed by atoms with Gasteiger partial charge in [0, 0.05) is 25.7 Å². The minimum absolute atomic E-state index is 0.102. The molecule has 0 fully saturated rings. The number of phosphoric acid groups is 2. The van der Waals surface area contributed by atoms with Crippen LogP contribution in [0.5, 0.6) is 0 Å². The predicted molar refractivity (Wildman–Crippen MR) is 312 cm³/mol. The monoisotopic (exact) mass is 1170 g/mol. The quantitative estimate of drug-likeness (QED) is 0.0222. The summed E-state index contributed by atoms with van der Waals surface area (Å²) in [6.07, 6.45) is 30.9. The topological polar surface area (TPSA) is 237 Å². The largest absolute Gasteiger partial charge is 0.472 e. The second kappa shape index (κ2) is 51.7. The molecule has 17 nitrogen and oxygen atoms in total. The van der Waals surface area contributed by atoms with Crippen LogP contribution in [-0.4, -0.2) is 96.7 Å². The first-order valence-electron chi connectivity index (χ1n) is 31.4. The van der Waals surface area contributed by atoms with Crippen LogP contribution in [0.25, 0.3) is 0 Å². The first kappa shape index (κ1) is 77.1. The van der Waals surface area contributed by atoms with Crippen molar-refractivity contribution in [2.75, 3.05) is 39.6 Å². The molecule has 3 N–H and O–H groups in total. The van der Waals surface area contributed by atoms with Gasteiger partial charge in [-0.2, -0.15) is 0 Å². The molecule has 0 spiro atoms. The lowest BCUT2D eigenvalue weighted by atomic mass is 9.99. The van der Waals surface area contributed by atoms with E-state index in [2.05, 4.69) is 48.5 Å². The molecule has 468 valence electrons. The number of aliphatic hydroxyl groups is 1. The molecule has 0 radical (unpaired) electrons. The number of esters is 4. The van der Waals surface area contributed by atoms with Gasteiger partial charge in [-0.1, -0.05) is 235 Å². The Balaban J connectivity index is 5.24. The summed E-state index contributed by atoms with van der Waals surface area (Å²) in [6, 6.07) is 0. The van der Waals surface area contributed by atoms with Gasteiger partial charge in [0.25, 0.3) is 0 Å². The molecule has 0 bridgehead atoms. The van der Waals surface area contributed by atoms with E-state index in [1.54, 1.807) is 0 Å². The number of rotatable bonds is 58. The molecule has 0 saturated heterocycles. The highest BCUT2D eigenvalue weighted by molar-refractivity contribution is 7.47. The highest BCUT2D eigenvalue weighted by Gasteiger charge is 2.30. The van der Waals surface area contributed by atoms with Crippen LogP contribution in [0.2, 0.25) is 0 Å². The summed E-state index contributed by atoms with van der Waals surface area (Å²) in [7, 11) is -9.88. The Labute approximate surface area is 479 Å². The van der Waals surface area contributed by atoms with E-state index in [9.17, 15) is 43.2 Å². The standard InChI is InChI=1S/C60H116O17P2/c1-8-11-12-13-17-27-34-41-57(62)70-47-56(77-60(65)44-37-30-23-22-26-33-40-53(7)10-3)50-75-79(68,69)73-46-54(61)45-72-78(66,67)74-49-55(48-71-58(63)42-35-28-21-16-18-24-31-38-51(4)5)76-59(64)43-36-29-20-15-14-19-25-32-39-52(6)9-2/h51-56,61H,8-50H2,1-7H3,(H,66,67)(H,68,69)/t52?,53?,54-,55-,56-/m1/s1. The highest BCUT2D eigenvalue weighted by atomic mass is 31.2. The molecular formula is C60H116O17P2. The lowest BCUT2D eigenvalue weighted by Crippen LogP contribution is -2.30. The van der Waals surface area contributed by atoms with Gasteiger partial charge in [-0.05, 0) is 43.4 Å². The number of phosphoric ester groups is 2. The Morgan fingerprint density at radius 2 is 0.646 bits per heavy atom. The predicted octanol–water partition coefficient (Wildman–Crippen LogP) is 15.9. The molecule has 0 aliphatic carbocycles. The van der Waals surface area contributed by atoms with Crippen molar-refractivity contribution in [2.45, 2.75) is 304 Å². The van der Waals surface area contributed by atoms with Crippen LogP contribution in [0.3, 0.4) is 0 Å². The fourth-order valence-electron chi connectivity index (χ4n) is 8.71. The Morgan fingerprint density at radius 1 is 0.367 bits per heavy atom. The smallest absolute Gasteiger partial charge is 0.462 e. The Hall–Kier alpha value is -1.94. The molecule has 0 rings (SSSR count). The summed E-state index contributed by atoms with van der Waals surface area (Å²) in [6.45, 7) is 11.6. The van der Waals surface area contributed by atoms with Gasteiger partial charge in [-0.25, -0.2) is 9.13 Å². The fourth-order valence-corrected chi connectivity index (χ4v) is 10.3. The Morgan fingerprint density at radius 3 is 0.962 bits per heavy atom. The van der Waals surface area contributed by atoms with E-state index in [0.717, 1.165) is 121 Å². The first-order chi connectivity index (χ1) is 37.8. The van der Waals surface area contributed by atoms with Gasteiger partial charge in [0.15, 0.2) is 12.2 Å². The van der Waals surface area contributed by atoms with E-state index in [0.29, 0.717) is 31.6 Å². The molecule has 79 heavy (non-hydrogen) atoms. The molecule has 19 heteroatoms. The van der Waals surface area contributed by atoms with Crippen LogP contribution in [0.1, 0.15) is 286 Å². The number of ether oxygens (including phenoxy) is 4. The maximum atomic E-state index is 12.9. The zero-order chi connectivity index (χ0) is 58.8. The number of hydrogen-bond donors (Lipinski definition) is 3. The van der Waals surface area contributed by atoms with Crippen LogP contribution in [0, 0.1) is 17.8 Å². The van der Waals surface area contributed by atoms with Crippen molar-refractivity contribution < 1.29 is 80.2 Å². The van der Waals surface area contributed by atoms with Crippen LogP contribution in [0.15, 0.2) is 0 Å². The third kappa shape index (κ3) is 52.6. The molecular weight excluding hydrogens is 1050 g/mol. The molecule has 0 aliphatic heterocycles. The van der Waals surface area contributed by atoms with Gasteiger partial charge >= 0.3 is 39.5 Å². The van der Waals surface area contributed by atoms with Crippen molar-refractivity contribution in [1.82, 2.24) is 0 Å². The van der Waals surface area contributed by atoms with Gasteiger partial charge in [-0.15, -0.1) is 0 Å². The van der Waals surface area contributed by atoms with Crippen molar-refractivity contribution in [3.63, 3.8) is 0 Å². The zero-order valence-electron chi connectivity index (χ0n) is 50.8. The number of carbonyl (C=O) groups is 4. The van der Waals surface area contributed by atoms with Crippen LogP contribution in [-0.2, 0) is 65.4 Å². The van der Waals surface area contributed by atoms with Crippen molar-refractivity contribution in [1.29, 1.82) is 0 Å². The molecule has 0 aromatic rings. The molecule has 0 saturated carbocycles. The molecule has 0 heterocycles. The van der Waals surface area contributed by atoms with Gasteiger partial charge in [0.2, 0.25) is 0 Å². The summed E-state index contributed by atoms with van der Waals surface area (Å²) in [5.74, 6) is 0.0451. The molecule has 0 aliphatic rings. The summed E-state index contributed by atoms with van der Waals surface area (Å²) >= 11 is 0. The number of carbonyl (C=O) groups excluding carboxylic acids is 4. The van der Waals surface area contributed by atoms with Gasteiger partial charge in [-0.3, -0.25) is 37.3 Å². The van der Waals surface area contributed by atoms with Crippen LogP contribution < -0.4 is 0 Å². The van der Waals surface area contributed by atoms with Gasteiger partial charge < -0.3 is 33.8 Å². The van der Waals surface area contributed by atoms with Gasteiger partial charge in [0.05, 0.1) is 26.4 Å². The third-order valence-electron chi connectivity index (χ3n) is 14.4. The summed E-state index contributed by atoms with van der Waals surface area (Å²) in [5, 5.41) is 10.5. The SMILES string of the molecule is CCCCCCCCCC(=O)OC[C@H](COP(=O)(O)OC[C@H](O)COP(=O)(O)OC[C@@H](COC(=O)CCCCCCCCCC(C)C)OC(=O)CCCCCCCCCCC(C)CC)OC(=O)CCCCCCCCC(C)CC. The lowest BCUT2D eigenvalue weighted by molar-refractivity contribution is -0.161. The van der Waals surface area contributed by atoms with E-state index in [4.69, 9.17) is 37.0 Å². The Kier molecular flexibility index (Phi) is 50.4. The number of aliphatic hydroxyl groups excluding tert-OH is 1. The second-order valence-electron chi connectivity index (χ2n) is 22.7. The van der Waals surface area contributed by atoms with Gasteiger partial charge in [0.1, 0.15) is 19.3 Å². The minimum Gasteiger partial charge on any atom is -0.462 e. The second-order valence-corrected chi connectivity index (χ2v) is 25.6. The van der Waals surface area contributed by atoms with E-state index < -0.39 is 97.5 Å². The fraction of sp³-hybridized carbons (Fsp3) is 0.933. The molecule has 7 atom stereocenters. The average Bonchev–Trinajstić information content (AvgIpc) is 3.41. The Bertz CT molecular complexity index is 1580. The normalized spacial score (nSPS) is 15.2. The maximum Gasteiger partial charge on any atom is 0.472 e. The van der Waals surface area contributed by atoms with Crippen molar-refractivity contribution in [2.24, 2.45) is 17.8 Å². The molecule has 0 aromatic heterocycles. The third-order valence-corrected chi connectivity index (χ3v) is 16.3. The molecule has 4 unspecified atom stereocenters. The summed E-state index contributed by atoms with van der Waals surface area (Å²) in [4.78, 5) is 71.9. The minimum atomic E-state index is -4.94. The maximum absolute atomic E-state index is 12.9. The first-order valence-corrected chi connectivity index (χ1v) is 34.4.